The number of nitrogens with zero attached hydrogens (tertiary/aromatic N) is 1. The van der Waals surface area contributed by atoms with Crippen LogP contribution in [0.5, 0.6) is 0 Å². The molecule has 0 aliphatic heterocycles. The highest BCUT2D eigenvalue weighted by Gasteiger charge is 2.42. The zero-order chi connectivity index (χ0) is 39.4. The van der Waals surface area contributed by atoms with Crippen LogP contribution in [0, 0.1) is 0 Å². The summed E-state index contributed by atoms with van der Waals surface area (Å²) in [6.07, 6.45) is 0. The Morgan fingerprint density at radius 3 is 1.54 bits per heavy atom. The normalized spacial score (nSPS) is 16.2. The summed E-state index contributed by atoms with van der Waals surface area (Å²) < 4.78 is 6.61. The van der Waals surface area contributed by atoms with Crippen LogP contribution < -0.4 is 4.90 Å². The molecule has 0 bridgehead atoms. The Hall–Kier alpha value is -5.86. The van der Waals surface area contributed by atoms with E-state index in [0.29, 0.717) is 0 Å². The number of fused-ring (bicyclic) bond motifs is 12. The molecule has 11 rings (SSSR count). The van der Waals surface area contributed by atoms with Crippen molar-refractivity contribution in [1.29, 1.82) is 0 Å². The van der Waals surface area contributed by atoms with Gasteiger partial charge in [0.25, 0.3) is 0 Å². The molecule has 3 aliphatic carbocycles. The number of furan rings is 1. The number of benzene rings is 7. The first kappa shape index (κ1) is 34.4. The third-order valence-corrected chi connectivity index (χ3v) is 14.0. The highest BCUT2D eigenvalue weighted by atomic mass is 16.3. The van der Waals surface area contributed by atoms with E-state index in [2.05, 4.69) is 201 Å². The Labute approximate surface area is 336 Å². The molecule has 0 saturated heterocycles. The minimum Gasteiger partial charge on any atom is -0.456 e. The Balaban J connectivity index is 1.14. The molecule has 0 atom stereocenters. The maximum Gasteiger partial charge on any atom is 0.136 e. The van der Waals surface area contributed by atoms with E-state index in [9.17, 15) is 0 Å². The molecule has 0 radical (unpaired) electrons. The quantitative estimate of drug-likeness (QED) is 0.179. The summed E-state index contributed by atoms with van der Waals surface area (Å²) in [7, 11) is 0. The molecule has 57 heavy (non-hydrogen) atoms. The first-order valence-corrected chi connectivity index (χ1v) is 20.6. The second-order valence-electron chi connectivity index (χ2n) is 19.4. The van der Waals surface area contributed by atoms with Crippen molar-refractivity contribution < 1.29 is 4.42 Å². The first-order chi connectivity index (χ1) is 27.2. The molecular weight excluding hydrogens is 691 g/mol. The van der Waals surface area contributed by atoms with Crippen LogP contribution in [0.1, 0.15) is 101 Å². The molecule has 0 amide bonds. The zero-order valence-electron chi connectivity index (χ0n) is 34.6. The highest BCUT2D eigenvalue weighted by molar-refractivity contribution is 6.08. The van der Waals surface area contributed by atoms with Crippen LogP contribution in [0.4, 0.5) is 17.1 Å². The molecule has 2 nitrogen and oxygen atoms in total. The molecule has 7 aromatic carbocycles. The summed E-state index contributed by atoms with van der Waals surface area (Å²) in [4.78, 5) is 2.56. The van der Waals surface area contributed by atoms with Crippen LogP contribution in [-0.4, -0.2) is 0 Å². The molecule has 0 unspecified atom stereocenters. The van der Waals surface area contributed by atoms with E-state index >= 15 is 0 Å². The van der Waals surface area contributed by atoms with Crippen LogP contribution >= 0.6 is 0 Å². The smallest absolute Gasteiger partial charge is 0.136 e. The molecular formula is C55H49NO. The number of anilines is 3. The highest BCUT2D eigenvalue weighted by Crippen LogP contribution is 2.58. The summed E-state index contributed by atoms with van der Waals surface area (Å²) in [6, 6.07) is 50.7. The van der Waals surface area contributed by atoms with Gasteiger partial charge >= 0.3 is 0 Å². The molecule has 0 N–H and O–H groups in total. The topological polar surface area (TPSA) is 16.4 Å². The van der Waals surface area contributed by atoms with Gasteiger partial charge in [-0.25, -0.2) is 0 Å². The summed E-state index contributed by atoms with van der Waals surface area (Å²) in [6.45, 7) is 21.2. The van der Waals surface area contributed by atoms with Crippen molar-refractivity contribution in [3.63, 3.8) is 0 Å². The SMILES string of the molecule is CC(C)(C)c1ccc2oc3cc4c(cc3c2c1)C(C)(C)c1c-4cccc1N(c1ccc2c(c1)C(C)(C)c1ccccc1-2)c1ccc2c(c1)C(C)(C)c1ccccc1-2. The third kappa shape index (κ3) is 4.59. The minimum atomic E-state index is -0.280. The van der Waals surface area contributed by atoms with E-state index in [4.69, 9.17) is 4.42 Å². The van der Waals surface area contributed by atoms with Gasteiger partial charge in [-0.15, -0.1) is 0 Å². The maximum atomic E-state index is 6.61. The van der Waals surface area contributed by atoms with Crippen molar-refractivity contribution in [3.05, 3.63) is 172 Å². The van der Waals surface area contributed by atoms with Crippen molar-refractivity contribution in [3.8, 4) is 33.4 Å². The number of rotatable bonds is 3. The van der Waals surface area contributed by atoms with Crippen LogP contribution in [-0.2, 0) is 21.7 Å². The lowest BCUT2D eigenvalue weighted by molar-refractivity contribution is 0.590. The Morgan fingerprint density at radius 2 is 0.947 bits per heavy atom. The van der Waals surface area contributed by atoms with E-state index in [1.807, 2.05) is 0 Å². The standard InChI is InChI=1S/C55H49NO/c1-52(2,3)32-21-26-49-41(27-32)42-30-47-40(31-50(42)57-49)39-17-14-20-48(51(39)55(47,8)9)56(33-22-24-37-35-15-10-12-18-43(35)53(4,5)45(37)28-33)34-23-25-38-36-16-11-13-19-44(36)54(6,7)46(38)29-34/h10-31H,1-9H3. The van der Waals surface area contributed by atoms with Gasteiger partial charge in [0.1, 0.15) is 11.2 Å². The van der Waals surface area contributed by atoms with Gasteiger partial charge in [-0.1, -0.05) is 141 Å². The Morgan fingerprint density at radius 1 is 0.421 bits per heavy atom. The average molecular weight is 740 g/mol. The van der Waals surface area contributed by atoms with Gasteiger partial charge in [0.2, 0.25) is 0 Å². The molecule has 1 heterocycles. The van der Waals surface area contributed by atoms with E-state index in [-0.39, 0.29) is 21.7 Å². The van der Waals surface area contributed by atoms with Crippen molar-refractivity contribution >= 4 is 39.0 Å². The maximum absolute atomic E-state index is 6.61. The van der Waals surface area contributed by atoms with Crippen molar-refractivity contribution in [2.45, 2.75) is 84.0 Å². The van der Waals surface area contributed by atoms with E-state index < -0.39 is 0 Å². The molecule has 280 valence electrons. The van der Waals surface area contributed by atoms with Crippen molar-refractivity contribution in [1.82, 2.24) is 0 Å². The number of hydrogen-bond acceptors (Lipinski definition) is 2. The third-order valence-electron chi connectivity index (χ3n) is 14.0. The molecule has 8 aromatic rings. The summed E-state index contributed by atoms with van der Waals surface area (Å²) >= 11 is 0. The van der Waals surface area contributed by atoms with Gasteiger partial charge in [0.05, 0.1) is 5.69 Å². The second kappa shape index (κ2) is 11.2. The summed E-state index contributed by atoms with van der Waals surface area (Å²) in [5, 5.41) is 2.38. The summed E-state index contributed by atoms with van der Waals surface area (Å²) in [5.41, 5.74) is 22.4. The van der Waals surface area contributed by atoms with Crippen LogP contribution in [0.15, 0.2) is 138 Å². The first-order valence-electron chi connectivity index (χ1n) is 20.6. The average Bonchev–Trinajstić information content (AvgIpc) is 3.82. The predicted octanol–water partition coefficient (Wildman–Crippen LogP) is 15.3. The van der Waals surface area contributed by atoms with Crippen molar-refractivity contribution in [2.75, 3.05) is 4.90 Å². The fourth-order valence-electron chi connectivity index (χ4n) is 10.9. The van der Waals surface area contributed by atoms with E-state index in [0.717, 1.165) is 11.2 Å². The lowest BCUT2D eigenvalue weighted by Crippen LogP contribution is -2.22. The lowest BCUT2D eigenvalue weighted by atomic mass is 9.80. The second-order valence-corrected chi connectivity index (χ2v) is 19.4. The van der Waals surface area contributed by atoms with Crippen LogP contribution in [0.3, 0.4) is 0 Å². The Bertz CT molecular complexity index is 2930. The minimum absolute atomic E-state index is 0.0491. The lowest BCUT2D eigenvalue weighted by Gasteiger charge is -2.34. The van der Waals surface area contributed by atoms with Crippen molar-refractivity contribution in [2.24, 2.45) is 0 Å². The Kier molecular flexibility index (Phi) is 6.74. The van der Waals surface area contributed by atoms with Crippen LogP contribution in [0.25, 0.3) is 55.3 Å². The molecule has 0 saturated carbocycles. The van der Waals surface area contributed by atoms with Gasteiger partial charge in [0, 0.05) is 38.4 Å². The molecule has 0 fully saturated rings. The fourth-order valence-corrected chi connectivity index (χ4v) is 10.9. The van der Waals surface area contributed by atoms with Gasteiger partial charge in [-0.3, -0.25) is 0 Å². The monoisotopic (exact) mass is 739 g/mol. The predicted molar refractivity (Wildman–Crippen MR) is 240 cm³/mol. The zero-order valence-corrected chi connectivity index (χ0v) is 34.6. The largest absolute Gasteiger partial charge is 0.456 e. The van der Waals surface area contributed by atoms with Crippen LogP contribution in [0.2, 0.25) is 0 Å². The molecule has 2 heteroatoms. The molecule has 1 aromatic heterocycles. The van der Waals surface area contributed by atoms with E-state index in [1.165, 1.54) is 100 Å². The van der Waals surface area contributed by atoms with Gasteiger partial charge in [0.15, 0.2) is 0 Å². The summed E-state index contributed by atoms with van der Waals surface area (Å²) in [5.74, 6) is 0. The number of hydrogen-bond donors (Lipinski definition) is 0. The van der Waals surface area contributed by atoms with Gasteiger partial charge in [-0.05, 0) is 132 Å². The van der Waals surface area contributed by atoms with Gasteiger partial charge < -0.3 is 9.32 Å². The fraction of sp³-hybridized carbons (Fsp3) is 0.236. The van der Waals surface area contributed by atoms with Gasteiger partial charge in [-0.2, -0.15) is 0 Å². The molecule has 0 spiro atoms. The van der Waals surface area contributed by atoms with E-state index in [1.54, 1.807) is 0 Å². The molecule has 3 aliphatic rings.